The lowest BCUT2D eigenvalue weighted by atomic mass is 10.4. The number of fused-ring (bicyclic) bond motifs is 1. The monoisotopic (exact) mass is 301 g/mol. The van der Waals surface area contributed by atoms with Crippen LogP contribution in [-0.4, -0.2) is 36.7 Å². The van der Waals surface area contributed by atoms with Crippen molar-refractivity contribution in [2.45, 2.75) is 30.5 Å². The van der Waals surface area contributed by atoms with Gasteiger partial charge >= 0.3 is 0 Å². The first kappa shape index (κ1) is 13.7. The fourth-order valence-corrected chi connectivity index (χ4v) is 2.50. The summed E-state index contributed by atoms with van der Waals surface area (Å²) in [6.07, 6.45) is 6.31. The number of hydrogen-bond acceptors (Lipinski definition) is 7. The van der Waals surface area contributed by atoms with Crippen LogP contribution in [0.5, 0.6) is 0 Å². The Bertz CT molecular complexity index is 738. The number of rotatable bonds is 5. The topological polar surface area (TPSA) is 92.3 Å². The van der Waals surface area contributed by atoms with Gasteiger partial charge in [-0.25, -0.2) is 15.0 Å². The van der Waals surface area contributed by atoms with Crippen molar-refractivity contribution in [3.63, 3.8) is 0 Å². The third-order valence-corrected chi connectivity index (χ3v) is 3.65. The molecular formula is C13H15N7S. The van der Waals surface area contributed by atoms with Crippen molar-refractivity contribution in [1.82, 2.24) is 30.1 Å². The third-order valence-electron chi connectivity index (χ3n) is 2.75. The van der Waals surface area contributed by atoms with E-state index in [1.165, 1.54) is 11.8 Å². The molecule has 0 aliphatic carbocycles. The van der Waals surface area contributed by atoms with Crippen LogP contribution in [0.4, 0.5) is 5.95 Å². The number of H-pyrrole nitrogens is 1. The summed E-state index contributed by atoms with van der Waals surface area (Å²) in [6.45, 7) is 4.88. The SMILES string of the molecule is CCCNc1nc(Sc2ncc(C)cn2)c2cn[nH]c2n1. The second kappa shape index (κ2) is 6.04. The first-order chi connectivity index (χ1) is 10.3. The number of anilines is 1. The van der Waals surface area contributed by atoms with Gasteiger partial charge in [0.2, 0.25) is 5.95 Å². The van der Waals surface area contributed by atoms with E-state index in [1.54, 1.807) is 18.6 Å². The third kappa shape index (κ3) is 3.10. The van der Waals surface area contributed by atoms with Crippen LogP contribution in [0.2, 0.25) is 0 Å². The predicted octanol–water partition coefficient (Wildman–Crippen LogP) is 2.42. The van der Waals surface area contributed by atoms with Crippen LogP contribution < -0.4 is 5.32 Å². The Labute approximate surface area is 126 Å². The molecule has 108 valence electrons. The molecule has 3 aromatic rings. The summed E-state index contributed by atoms with van der Waals surface area (Å²) in [7, 11) is 0. The summed E-state index contributed by atoms with van der Waals surface area (Å²) in [5.74, 6) is 0.586. The number of aromatic nitrogens is 6. The molecule has 3 rings (SSSR count). The van der Waals surface area contributed by atoms with Crippen LogP contribution in [0, 0.1) is 6.92 Å². The van der Waals surface area contributed by atoms with Crippen molar-refractivity contribution >= 4 is 28.7 Å². The van der Waals surface area contributed by atoms with E-state index >= 15 is 0 Å². The van der Waals surface area contributed by atoms with E-state index in [-0.39, 0.29) is 0 Å². The number of aryl methyl sites for hydroxylation is 1. The van der Waals surface area contributed by atoms with Gasteiger partial charge < -0.3 is 5.32 Å². The molecule has 0 aliphatic rings. The van der Waals surface area contributed by atoms with E-state index in [0.717, 1.165) is 28.9 Å². The molecule has 7 nitrogen and oxygen atoms in total. The highest BCUT2D eigenvalue weighted by atomic mass is 32.2. The molecule has 0 unspecified atom stereocenters. The van der Waals surface area contributed by atoms with Gasteiger partial charge in [-0.1, -0.05) is 6.92 Å². The van der Waals surface area contributed by atoms with Gasteiger partial charge in [0, 0.05) is 18.9 Å². The van der Waals surface area contributed by atoms with Crippen LogP contribution in [0.1, 0.15) is 18.9 Å². The number of aromatic amines is 1. The van der Waals surface area contributed by atoms with E-state index in [1.807, 2.05) is 6.92 Å². The molecule has 2 N–H and O–H groups in total. The summed E-state index contributed by atoms with van der Waals surface area (Å²) in [6, 6.07) is 0. The second-order valence-electron chi connectivity index (χ2n) is 4.56. The Morgan fingerprint density at radius 3 is 2.76 bits per heavy atom. The minimum atomic E-state index is 0.586. The van der Waals surface area contributed by atoms with Gasteiger partial charge in [0.15, 0.2) is 10.8 Å². The van der Waals surface area contributed by atoms with E-state index in [0.29, 0.717) is 16.8 Å². The van der Waals surface area contributed by atoms with Crippen molar-refractivity contribution in [3.8, 4) is 0 Å². The Balaban J connectivity index is 1.95. The van der Waals surface area contributed by atoms with Crippen molar-refractivity contribution in [2.75, 3.05) is 11.9 Å². The number of nitrogens with one attached hydrogen (secondary N) is 2. The fourth-order valence-electron chi connectivity index (χ4n) is 1.72. The maximum atomic E-state index is 4.53. The molecule has 0 saturated carbocycles. The van der Waals surface area contributed by atoms with Crippen LogP contribution in [0.15, 0.2) is 28.8 Å². The summed E-state index contributed by atoms with van der Waals surface area (Å²) in [4.78, 5) is 17.5. The summed E-state index contributed by atoms with van der Waals surface area (Å²) >= 11 is 1.40. The highest BCUT2D eigenvalue weighted by molar-refractivity contribution is 7.99. The van der Waals surface area contributed by atoms with Gasteiger partial charge in [0.1, 0.15) is 5.03 Å². The van der Waals surface area contributed by atoms with Gasteiger partial charge in [0.25, 0.3) is 0 Å². The fraction of sp³-hybridized carbons (Fsp3) is 0.308. The Hall–Kier alpha value is -2.22. The highest BCUT2D eigenvalue weighted by Gasteiger charge is 2.12. The normalized spacial score (nSPS) is 11.0. The van der Waals surface area contributed by atoms with E-state index in [2.05, 4.69) is 42.4 Å². The van der Waals surface area contributed by atoms with Gasteiger partial charge in [-0.15, -0.1) is 0 Å². The van der Waals surface area contributed by atoms with Crippen molar-refractivity contribution in [3.05, 3.63) is 24.2 Å². The van der Waals surface area contributed by atoms with Crippen LogP contribution in [0.25, 0.3) is 11.0 Å². The molecule has 0 fully saturated rings. The van der Waals surface area contributed by atoms with Gasteiger partial charge in [-0.05, 0) is 30.7 Å². The average molecular weight is 301 g/mol. The molecule has 0 saturated heterocycles. The molecule has 0 aliphatic heterocycles. The predicted molar refractivity (Wildman–Crippen MR) is 81.4 cm³/mol. The molecule has 3 aromatic heterocycles. The Kier molecular flexibility index (Phi) is 3.96. The van der Waals surface area contributed by atoms with Crippen molar-refractivity contribution in [1.29, 1.82) is 0 Å². The lowest BCUT2D eigenvalue weighted by Gasteiger charge is -2.06. The van der Waals surface area contributed by atoms with Crippen LogP contribution in [0.3, 0.4) is 0 Å². The average Bonchev–Trinajstić information content (AvgIpc) is 2.96. The largest absolute Gasteiger partial charge is 0.354 e. The molecule has 0 spiro atoms. The zero-order valence-electron chi connectivity index (χ0n) is 11.8. The Morgan fingerprint density at radius 1 is 1.19 bits per heavy atom. The van der Waals surface area contributed by atoms with Crippen LogP contribution >= 0.6 is 11.8 Å². The first-order valence-electron chi connectivity index (χ1n) is 6.67. The zero-order chi connectivity index (χ0) is 14.7. The maximum Gasteiger partial charge on any atom is 0.225 e. The number of nitrogens with zero attached hydrogens (tertiary/aromatic N) is 5. The van der Waals surface area contributed by atoms with E-state index in [4.69, 9.17) is 0 Å². The highest BCUT2D eigenvalue weighted by Crippen LogP contribution is 2.29. The molecular weight excluding hydrogens is 286 g/mol. The van der Waals surface area contributed by atoms with E-state index in [9.17, 15) is 0 Å². The quantitative estimate of drug-likeness (QED) is 0.552. The smallest absolute Gasteiger partial charge is 0.225 e. The minimum Gasteiger partial charge on any atom is -0.354 e. The summed E-state index contributed by atoms with van der Waals surface area (Å²) in [5, 5.41) is 12.4. The minimum absolute atomic E-state index is 0.586. The first-order valence-corrected chi connectivity index (χ1v) is 7.49. The molecule has 0 aromatic carbocycles. The maximum absolute atomic E-state index is 4.53. The molecule has 3 heterocycles. The molecule has 0 atom stereocenters. The Morgan fingerprint density at radius 2 is 2.00 bits per heavy atom. The second-order valence-corrected chi connectivity index (χ2v) is 5.51. The molecule has 8 heteroatoms. The standard InChI is InChI=1S/C13H15N7S/c1-3-4-14-12-18-10-9(7-17-20-10)11(19-12)21-13-15-5-8(2)6-16-13/h5-7H,3-4H2,1-2H3,(H2,14,17,18,19,20). The number of hydrogen-bond donors (Lipinski definition) is 2. The van der Waals surface area contributed by atoms with Crippen molar-refractivity contribution < 1.29 is 0 Å². The van der Waals surface area contributed by atoms with Gasteiger partial charge in [-0.2, -0.15) is 10.1 Å². The molecule has 0 radical (unpaired) electrons. The van der Waals surface area contributed by atoms with E-state index < -0.39 is 0 Å². The summed E-state index contributed by atoms with van der Waals surface area (Å²) < 4.78 is 0. The van der Waals surface area contributed by atoms with Gasteiger partial charge in [0.05, 0.1) is 11.6 Å². The van der Waals surface area contributed by atoms with Crippen LogP contribution in [-0.2, 0) is 0 Å². The summed E-state index contributed by atoms with van der Waals surface area (Å²) in [5.41, 5.74) is 1.74. The molecule has 0 bridgehead atoms. The lowest BCUT2D eigenvalue weighted by molar-refractivity contribution is 0.932. The van der Waals surface area contributed by atoms with Gasteiger partial charge in [-0.3, -0.25) is 5.10 Å². The zero-order valence-corrected chi connectivity index (χ0v) is 12.6. The van der Waals surface area contributed by atoms with Crippen molar-refractivity contribution in [2.24, 2.45) is 0 Å². The molecule has 21 heavy (non-hydrogen) atoms. The lowest BCUT2D eigenvalue weighted by Crippen LogP contribution is -2.05. The molecule has 0 amide bonds.